The minimum Gasteiger partial charge on any atom is -0.394 e. The molecule has 112 valence electrons. The molecule has 1 unspecified atom stereocenters. The van der Waals surface area contributed by atoms with Crippen LogP contribution in [0.15, 0.2) is 5.16 Å². The lowest BCUT2D eigenvalue weighted by Crippen LogP contribution is -2.47. The van der Waals surface area contributed by atoms with Crippen LogP contribution in [0.3, 0.4) is 0 Å². The van der Waals surface area contributed by atoms with E-state index in [0.717, 1.165) is 17.5 Å². The lowest BCUT2D eigenvalue weighted by molar-refractivity contribution is 0.194. The van der Waals surface area contributed by atoms with Crippen molar-refractivity contribution in [3.63, 3.8) is 0 Å². The Morgan fingerprint density at radius 1 is 1.35 bits per heavy atom. The molecule has 2 aliphatic rings. The number of likely N-dealkylation sites (N-methyl/N-ethyl adjacent to an activating group) is 1. The van der Waals surface area contributed by atoms with Gasteiger partial charge in [0, 0.05) is 23.3 Å². The first-order valence-electron chi connectivity index (χ1n) is 7.60. The molecule has 0 spiro atoms. The molecule has 2 aliphatic carbocycles. The summed E-state index contributed by atoms with van der Waals surface area (Å²) in [6.45, 7) is 5.13. The maximum Gasteiger partial charge on any atom is 0.191 e. The molecule has 0 aromatic carbocycles. The molecular weight excluding hydrogens is 272 g/mol. The van der Waals surface area contributed by atoms with Gasteiger partial charge in [0.2, 0.25) is 0 Å². The fourth-order valence-electron chi connectivity index (χ4n) is 2.49. The van der Waals surface area contributed by atoms with E-state index in [1.165, 1.54) is 31.5 Å². The summed E-state index contributed by atoms with van der Waals surface area (Å²) in [5.74, 6) is 2.66. The molecule has 2 N–H and O–H groups in total. The fraction of sp³-hybridized carbons (Fsp3) is 0.857. The topological polar surface area (TPSA) is 63.0 Å². The minimum absolute atomic E-state index is 0.140. The van der Waals surface area contributed by atoms with Crippen molar-refractivity contribution >= 4 is 11.8 Å². The smallest absolute Gasteiger partial charge is 0.191 e. The molecule has 1 atom stereocenters. The summed E-state index contributed by atoms with van der Waals surface area (Å²) in [6.07, 6.45) is 5.05. The van der Waals surface area contributed by atoms with Gasteiger partial charge in [0.1, 0.15) is 5.82 Å². The van der Waals surface area contributed by atoms with E-state index in [2.05, 4.69) is 33.9 Å². The molecule has 2 fully saturated rings. The van der Waals surface area contributed by atoms with Crippen molar-refractivity contribution in [1.29, 1.82) is 0 Å². The zero-order chi connectivity index (χ0) is 14.2. The third-order valence-corrected chi connectivity index (χ3v) is 5.34. The number of nitrogens with one attached hydrogen (secondary N) is 1. The van der Waals surface area contributed by atoms with Crippen LogP contribution in [0, 0.1) is 0 Å². The van der Waals surface area contributed by atoms with Gasteiger partial charge in [-0.3, -0.25) is 0 Å². The number of aromatic nitrogens is 3. The number of thioether (sulfide) groups is 1. The average molecular weight is 296 g/mol. The Balaban J connectivity index is 1.71. The molecule has 3 rings (SSSR count). The van der Waals surface area contributed by atoms with E-state index in [1.54, 1.807) is 11.8 Å². The van der Waals surface area contributed by atoms with Crippen LogP contribution in [0.5, 0.6) is 0 Å². The highest BCUT2D eigenvalue weighted by atomic mass is 32.2. The quantitative estimate of drug-likeness (QED) is 0.718. The third-order valence-electron chi connectivity index (χ3n) is 4.02. The summed E-state index contributed by atoms with van der Waals surface area (Å²) >= 11 is 1.72. The number of hydrogen-bond donors (Lipinski definition) is 2. The van der Waals surface area contributed by atoms with Gasteiger partial charge in [0.25, 0.3) is 0 Å². The Morgan fingerprint density at radius 3 is 2.65 bits per heavy atom. The minimum atomic E-state index is -0.251. The van der Waals surface area contributed by atoms with Crippen molar-refractivity contribution in [1.82, 2.24) is 20.1 Å². The molecule has 1 aromatic heterocycles. The SMILES string of the molecule is CCNC(C)(CO)CSc1nnc(C2CC2)n1C1CC1. The number of aliphatic hydroxyl groups is 1. The molecule has 0 radical (unpaired) electrons. The van der Waals surface area contributed by atoms with Gasteiger partial charge in [0.15, 0.2) is 5.16 Å². The van der Waals surface area contributed by atoms with Crippen LogP contribution in [-0.4, -0.2) is 44.3 Å². The zero-order valence-corrected chi connectivity index (χ0v) is 13.1. The molecule has 20 heavy (non-hydrogen) atoms. The average Bonchev–Trinajstić information content (AvgIpc) is 3.35. The Bertz CT molecular complexity index is 470. The predicted octanol–water partition coefficient (Wildman–Crippen LogP) is 1.94. The van der Waals surface area contributed by atoms with Crippen molar-refractivity contribution in [3.8, 4) is 0 Å². The van der Waals surface area contributed by atoms with Gasteiger partial charge in [-0.05, 0) is 39.2 Å². The maximum atomic E-state index is 9.57. The van der Waals surface area contributed by atoms with Gasteiger partial charge in [-0.25, -0.2) is 0 Å². The maximum absolute atomic E-state index is 9.57. The number of hydrogen-bond acceptors (Lipinski definition) is 5. The summed E-state index contributed by atoms with van der Waals surface area (Å²) in [6, 6.07) is 0.627. The van der Waals surface area contributed by atoms with Crippen molar-refractivity contribution < 1.29 is 5.11 Å². The molecule has 5 nitrogen and oxygen atoms in total. The van der Waals surface area contributed by atoms with Gasteiger partial charge in [-0.2, -0.15) is 0 Å². The van der Waals surface area contributed by atoms with Crippen LogP contribution < -0.4 is 5.32 Å². The molecule has 0 saturated heterocycles. The van der Waals surface area contributed by atoms with Gasteiger partial charge in [0.05, 0.1) is 6.61 Å². The van der Waals surface area contributed by atoms with E-state index < -0.39 is 0 Å². The van der Waals surface area contributed by atoms with Crippen molar-refractivity contribution in [2.45, 2.75) is 62.2 Å². The normalized spacial score (nSPS) is 21.9. The molecule has 2 saturated carbocycles. The van der Waals surface area contributed by atoms with Gasteiger partial charge in [-0.1, -0.05) is 18.7 Å². The Hall–Kier alpha value is -0.590. The summed E-state index contributed by atoms with van der Waals surface area (Å²) < 4.78 is 2.37. The second-order valence-corrected chi connectivity index (χ2v) is 7.20. The standard InChI is InChI=1S/C14H24N4OS/c1-3-15-14(2,8-19)9-20-13-17-16-12(10-4-5-10)18(13)11-6-7-11/h10-11,15,19H,3-9H2,1-2H3. The summed E-state index contributed by atoms with van der Waals surface area (Å²) in [4.78, 5) is 0. The third kappa shape index (κ3) is 3.02. The highest BCUT2D eigenvalue weighted by molar-refractivity contribution is 7.99. The summed E-state index contributed by atoms with van der Waals surface area (Å²) in [7, 11) is 0. The molecule has 0 aliphatic heterocycles. The molecule has 6 heteroatoms. The van der Waals surface area contributed by atoms with E-state index >= 15 is 0 Å². The van der Waals surface area contributed by atoms with Crippen LogP contribution in [0.4, 0.5) is 0 Å². The molecule has 1 heterocycles. The van der Waals surface area contributed by atoms with Crippen LogP contribution in [0.25, 0.3) is 0 Å². The highest BCUT2D eigenvalue weighted by Gasteiger charge is 2.36. The largest absolute Gasteiger partial charge is 0.394 e. The van der Waals surface area contributed by atoms with E-state index in [-0.39, 0.29) is 12.1 Å². The molecule has 1 aromatic rings. The Kier molecular flexibility index (Phi) is 4.06. The monoisotopic (exact) mass is 296 g/mol. The molecule has 0 bridgehead atoms. The fourth-order valence-corrected chi connectivity index (χ4v) is 3.61. The van der Waals surface area contributed by atoms with Crippen LogP contribution >= 0.6 is 11.8 Å². The molecule has 0 amide bonds. The van der Waals surface area contributed by atoms with E-state index in [4.69, 9.17) is 0 Å². The van der Waals surface area contributed by atoms with Gasteiger partial charge >= 0.3 is 0 Å². The Labute approximate surface area is 124 Å². The number of aliphatic hydroxyl groups excluding tert-OH is 1. The predicted molar refractivity (Wildman–Crippen MR) is 80.2 cm³/mol. The van der Waals surface area contributed by atoms with E-state index in [9.17, 15) is 5.11 Å². The number of nitrogens with zero attached hydrogens (tertiary/aromatic N) is 3. The first kappa shape index (κ1) is 14.4. The number of rotatable bonds is 8. The van der Waals surface area contributed by atoms with E-state index in [1.807, 2.05) is 0 Å². The van der Waals surface area contributed by atoms with Crippen molar-refractivity contribution in [2.75, 3.05) is 18.9 Å². The highest BCUT2D eigenvalue weighted by Crippen LogP contribution is 2.46. The summed E-state index contributed by atoms with van der Waals surface area (Å²) in [5, 5.41) is 22.8. The van der Waals surface area contributed by atoms with Crippen LogP contribution in [-0.2, 0) is 0 Å². The van der Waals surface area contributed by atoms with E-state index in [0.29, 0.717) is 12.0 Å². The van der Waals surface area contributed by atoms with Crippen LogP contribution in [0.2, 0.25) is 0 Å². The lowest BCUT2D eigenvalue weighted by atomic mass is 10.1. The van der Waals surface area contributed by atoms with Gasteiger partial charge < -0.3 is 15.0 Å². The Morgan fingerprint density at radius 2 is 2.10 bits per heavy atom. The summed E-state index contributed by atoms with van der Waals surface area (Å²) in [5.41, 5.74) is -0.251. The van der Waals surface area contributed by atoms with Crippen molar-refractivity contribution in [3.05, 3.63) is 5.82 Å². The van der Waals surface area contributed by atoms with Crippen LogP contribution in [0.1, 0.15) is 57.3 Å². The second kappa shape index (κ2) is 5.66. The zero-order valence-electron chi connectivity index (χ0n) is 12.3. The first-order chi connectivity index (χ1) is 9.67. The molecular formula is C14H24N4OS. The second-order valence-electron chi connectivity index (χ2n) is 6.25. The van der Waals surface area contributed by atoms with Gasteiger partial charge in [-0.15, -0.1) is 10.2 Å². The van der Waals surface area contributed by atoms with Crippen molar-refractivity contribution in [2.24, 2.45) is 0 Å². The lowest BCUT2D eigenvalue weighted by Gasteiger charge is -2.27. The first-order valence-corrected chi connectivity index (χ1v) is 8.59.